The predicted molar refractivity (Wildman–Crippen MR) is 96.6 cm³/mol. The lowest BCUT2D eigenvalue weighted by atomic mass is 9.88. The van der Waals surface area contributed by atoms with Crippen LogP contribution in [0.1, 0.15) is 36.4 Å². The summed E-state index contributed by atoms with van der Waals surface area (Å²) in [7, 11) is 3.29. The van der Waals surface area contributed by atoms with Crippen LogP contribution in [0.25, 0.3) is 0 Å². The SMILES string of the molecule is COc1ccccc1C(C)N(C)C(=O)C1CC(=O)Nc2cc(F)ccc21. The second kappa shape index (κ2) is 7.15. The Kier molecular flexibility index (Phi) is 4.93. The maximum Gasteiger partial charge on any atom is 0.230 e. The molecule has 0 saturated carbocycles. The lowest BCUT2D eigenvalue weighted by Gasteiger charge is -2.32. The van der Waals surface area contributed by atoms with Gasteiger partial charge in [0.1, 0.15) is 11.6 Å². The molecule has 6 heteroatoms. The van der Waals surface area contributed by atoms with E-state index in [-0.39, 0.29) is 24.3 Å². The van der Waals surface area contributed by atoms with Gasteiger partial charge in [-0.25, -0.2) is 4.39 Å². The van der Waals surface area contributed by atoms with Crippen molar-refractivity contribution in [2.45, 2.75) is 25.3 Å². The summed E-state index contributed by atoms with van der Waals surface area (Å²) in [5.74, 6) is -0.871. The molecule has 2 amide bonds. The molecule has 0 fully saturated rings. The Balaban J connectivity index is 1.90. The van der Waals surface area contributed by atoms with E-state index >= 15 is 0 Å². The molecule has 0 spiro atoms. The van der Waals surface area contributed by atoms with Gasteiger partial charge in [0.25, 0.3) is 0 Å². The third-order valence-electron chi connectivity index (χ3n) is 4.87. The van der Waals surface area contributed by atoms with E-state index in [9.17, 15) is 14.0 Å². The fourth-order valence-corrected chi connectivity index (χ4v) is 3.31. The number of hydrogen-bond donors (Lipinski definition) is 1. The highest BCUT2D eigenvalue weighted by Crippen LogP contribution is 2.36. The maximum atomic E-state index is 13.5. The van der Waals surface area contributed by atoms with Crippen LogP contribution >= 0.6 is 0 Å². The highest BCUT2D eigenvalue weighted by atomic mass is 19.1. The molecule has 2 aromatic rings. The number of carbonyl (C=O) groups is 2. The fourth-order valence-electron chi connectivity index (χ4n) is 3.31. The molecule has 26 heavy (non-hydrogen) atoms. The second-order valence-electron chi connectivity index (χ2n) is 6.40. The molecule has 0 bridgehead atoms. The number of methoxy groups -OCH3 is 1. The van der Waals surface area contributed by atoms with E-state index in [2.05, 4.69) is 5.32 Å². The first-order chi connectivity index (χ1) is 12.4. The Hall–Kier alpha value is -2.89. The average molecular weight is 356 g/mol. The number of nitrogens with zero attached hydrogens (tertiary/aromatic N) is 1. The van der Waals surface area contributed by atoms with E-state index < -0.39 is 11.7 Å². The van der Waals surface area contributed by atoms with Gasteiger partial charge in [-0.15, -0.1) is 0 Å². The highest BCUT2D eigenvalue weighted by molar-refractivity contribution is 6.01. The number of carbonyl (C=O) groups excluding carboxylic acids is 2. The van der Waals surface area contributed by atoms with Gasteiger partial charge in [0, 0.05) is 24.7 Å². The first-order valence-electron chi connectivity index (χ1n) is 8.41. The Morgan fingerprint density at radius 3 is 2.77 bits per heavy atom. The summed E-state index contributed by atoms with van der Waals surface area (Å²) in [5.41, 5.74) is 1.87. The molecule has 0 radical (unpaired) electrons. The average Bonchev–Trinajstić information content (AvgIpc) is 2.65. The zero-order valence-corrected chi connectivity index (χ0v) is 15.0. The standard InChI is InChI=1S/C20H21FN2O3/c1-12(14-6-4-5-7-18(14)26-3)23(2)20(25)16-11-19(24)22-17-10-13(21)8-9-15(16)17/h4-10,12,16H,11H2,1-3H3,(H,22,24). The van der Waals surface area contributed by atoms with E-state index in [4.69, 9.17) is 4.74 Å². The van der Waals surface area contributed by atoms with Crippen molar-refractivity contribution in [2.24, 2.45) is 0 Å². The number of ether oxygens (including phenoxy) is 1. The Bertz CT molecular complexity index is 853. The maximum absolute atomic E-state index is 13.5. The molecule has 1 heterocycles. The minimum absolute atomic E-state index is 0.0421. The number of hydrogen-bond acceptors (Lipinski definition) is 3. The minimum Gasteiger partial charge on any atom is -0.496 e. The predicted octanol–water partition coefficient (Wildman–Crippen LogP) is 3.48. The molecule has 2 atom stereocenters. The molecule has 2 aromatic carbocycles. The summed E-state index contributed by atoms with van der Waals surface area (Å²) in [6, 6.07) is 11.4. The Morgan fingerprint density at radius 2 is 2.04 bits per heavy atom. The van der Waals surface area contributed by atoms with Crippen LogP contribution in [0.5, 0.6) is 5.75 Å². The van der Waals surface area contributed by atoms with Crippen molar-refractivity contribution in [2.75, 3.05) is 19.5 Å². The first kappa shape index (κ1) is 17.9. The molecular formula is C20H21FN2O3. The van der Waals surface area contributed by atoms with Crippen molar-refractivity contribution in [1.82, 2.24) is 4.90 Å². The molecule has 5 nitrogen and oxygen atoms in total. The lowest BCUT2D eigenvalue weighted by Crippen LogP contribution is -2.37. The van der Waals surface area contributed by atoms with Crippen molar-refractivity contribution < 1.29 is 18.7 Å². The summed E-state index contributed by atoms with van der Waals surface area (Å²) in [6.45, 7) is 1.91. The lowest BCUT2D eigenvalue weighted by molar-refractivity contribution is -0.135. The van der Waals surface area contributed by atoms with Crippen molar-refractivity contribution in [3.05, 3.63) is 59.4 Å². The molecular weight excluding hydrogens is 335 g/mol. The van der Waals surface area contributed by atoms with Gasteiger partial charge >= 0.3 is 0 Å². The summed E-state index contributed by atoms with van der Waals surface area (Å²) in [4.78, 5) is 26.7. The quantitative estimate of drug-likeness (QED) is 0.912. The molecule has 2 unspecified atom stereocenters. The van der Waals surface area contributed by atoms with Crippen molar-refractivity contribution >= 4 is 17.5 Å². The number of fused-ring (bicyclic) bond motifs is 1. The van der Waals surface area contributed by atoms with Crippen molar-refractivity contribution in [1.29, 1.82) is 0 Å². The number of likely N-dealkylation sites (N-methyl/N-ethyl adjacent to an activating group) is 1. The minimum atomic E-state index is -0.637. The van der Waals surface area contributed by atoms with Crippen molar-refractivity contribution in [3.63, 3.8) is 0 Å². The summed E-state index contributed by atoms with van der Waals surface area (Å²) < 4.78 is 18.9. The van der Waals surface area contributed by atoms with Crippen LogP contribution in [0.2, 0.25) is 0 Å². The molecule has 1 N–H and O–H groups in total. The van der Waals surface area contributed by atoms with Gasteiger partial charge in [0.15, 0.2) is 0 Å². The number of rotatable bonds is 4. The highest BCUT2D eigenvalue weighted by Gasteiger charge is 2.34. The van der Waals surface area contributed by atoms with Crippen LogP contribution in [0, 0.1) is 5.82 Å². The number of anilines is 1. The molecule has 1 aliphatic heterocycles. The number of benzene rings is 2. The topological polar surface area (TPSA) is 58.6 Å². The van der Waals surface area contributed by atoms with E-state index in [1.165, 1.54) is 12.1 Å². The van der Waals surface area contributed by atoms with Gasteiger partial charge < -0.3 is 15.0 Å². The largest absolute Gasteiger partial charge is 0.496 e. The smallest absolute Gasteiger partial charge is 0.230 e. The summed E-state index contributed by atoms with van der Waals surface area (Å²) in [5, 5.41) is 2.63. The number of nitrogens with one attached hydrogen (secondary N) is 1. The summed E-state index contributed by atoms with van der Waals surface area (Å²) in [6.07, 6.45) is 0.0421. The molecule has 1 aliphatic rings. The van der Waals surface area contributed by atoms with Gasteiger partial charge in [-0.3, -0.25) is 9.59 Å². The van der Waals surface area contributed by atoms with Crippen LogP contribution < -0.4 is 10.1 Å². The van der Waals surface area contributed by atoms with Crippen LogP contribution in [-0.2, 0) is 9.59 Å². The molecule has 0 saturated heterocycles. The number of amides is 2. The van der Waals surface area contributed by atoms with Crippen LogP contribution in [0.15, 0.2) is 42.5 Å². The van der Waals surface area contributed by atoms with Crippen molar-refractivity contribution in [3.8, 4) is 5.75 Å². The van der Waals surface area contributed by atoms with E-state index in [1.807, 2.05) is 31.2 Å². The second-order valence-corrected chi connectivity index (χ2v) is 6.40. The number of para-hydroxylation sites is 1. The van der Waals surface area contributed by atoms with Crippen LogP contribution in [0.4, 0.5) is 10.1 Å². The van der Waals surface area contributed by atoms with Gasteiger partial charge in [-0.05, 0) is 30.7 Å². The van der Waals surface area contributed by atoms with Gasteiger partial charge in [0.05, 0.1) is 19.1 Å². The van der Waals surface area contributed by atoms with E-state index in [0.29, 0.717) is 17.0 Å². The third-order valence-corrected chi connectivity index (χ3v) is 4.87. The van der Waals surface area contributed by atoms with Crippen LogP contribution in [0.3, 0.4) is 0 Å². The van der Waals surface area contributed by atoms with E-state index in [0.717, 1.165) is 5.56 Å². The first-order valence-corrected chi connectivity index (χ1v) is 8.41. The van der Waals surface area contributed by atoms with Crippen LogP contribution in [-0.4, -0.2) is 30.9 Å². The van der Waals surface area contributed by atoms with Gasteiger partial charge in [0.2, 0.25) is 11.8 Å². The zero-order chi connectivity index (χ0) is 18.8. The summed E-state index contributed by atoms with van der Waals surface area (Å²) >= 11 is 0. The van der Waals surface area contributed by atoms with E-state index in [1.54, 1.807) is 25.1 Å². The number of halogens is 1. The molecule has 0 aromatic heterocycles. The Labute approximate surface area is 151 Å². The monoisotopic (exact) mass is 356 g/mol. The molecule has 0 aliphatic carbocycles. The fraction of sp³-hybridized carbons (Fsp3) is 0.300. The Morgan fingerprint density at radius 1 is 1.31 bits per heavy atom. The normalized spacial score (nSPS) is 17.1. The molecule has 136 valence electrons. The molecule has 3 rings (SSSR count). The van der Waals surface area contributed by atoms with Gasteiger partial charge in [-0.2, -0.15) is 0 Å². The zero-order valence-electron chi connectivity index (χ0n) is 15.0. The third kappa shape index (κ3) is 3.27. The van der Waals surface area contributed by atoms with Gasteiger partial charge in [-0.1, -0.05) is 24.3 Å².